The number of nitriles is 1. The molecule has 0 aromatic carbocycles. The highest BCUT2D eigenvalue weighted by atomic mass is 19.3. The van der Waals surface area contributed by atoms with E-state index in [4.69, 9.17) is 5.26 Å². The minimum absolute atomic E-state index is 0.0542. The second kappa shape index (κ2) is 5.21. The van der Waals surface area contributed by atoms with Crippen molar-refractivity contribution in [2.75, 3.05) is 7.11 Å². The van der Waals surface area contributed by atoms with Crippen molar-refractivity contribution in [1.29, 1.82) is 5.26 Å². The van der Waals surface area contributed by atoms with Crippen molar-refractivity contribution in [2.45, 2.75) is 12.8 Å². The highest BCUT2D eigenvalue weighted by Crippen LogP contribution is 2.30. The number of esters is 1. The molecule has 5 nitrogen and oxygen atoms in total. The summed E-state index contributed by atoms with van der Waals surface area (Å²) in [7, 11) is 1.14. The maximum atomic E-state index is 12.5. The van der Waals surface area contributed by atoms with Crippen LogP contribution >= 0.6 is 0 Å². The molecule has 0 bridgehead atoms. The molecule has 0 saturated carbocycles. The SMILES string of the molecule is COC(=O)Cc1cc(C(F)F)c(O)c(C#N)n1. The summed E-state index contributed by atoms with van der Waals surface area (Å²) in [5.74, 6) is -1.54. The number of hydrogen-bond donors (Lipinski definition) is 1. The molecule has 0 saturated heterocycles. The Morgan fingerprint density at radius 1 is 1.71 bits per heavy atom. The lowest BCUT2D eigenvalue weighted by atomic mass is 10.1. The molecule has 17 heavy (non-hydrogen) atoms. The molecule has 90 valence electrons. The zero-order valence-electron chi connectivity index (χ0n) is 8.78. The van der Waals surface area contributed by atoms with Crippen LogP contribution in [-0.4, -0.2) is 23.2 Å². The number of pyridine rings is 1. The first-order chi connectivity index (χ1) is 7.99. The number of aromatic hydroxyl groups is 1. The van der Waals surface area contributed by atoms with Gasteiger partial charge in [0.05, 0.1) is 24.8 Å². The molecule has 0 radical (unpaired) electrons. The highest BCUT2D eigenvalue weighted by Gasteiger charge is 2.19. The number of methoxy groups -OCH3 is 1. The predicted octanol–water partition coefficient (Wildman–Crippen LogP) is 1.31. The average molecular weight is 242 g/mol. The summed E-state index contributed by atoms with van der Waals surface area (Å²) in [5, 5.41) is 17.9. The van der Waals surface area contributed by atoms with E-state index in [1.807, 2.05) is 0 Å². The fourth-order valence-electron chi connectivity index (χ4n) is 1.17. The number of ether oxygens (including phenoxy) is 1. The number of hydrogen-bond acceptors (Lipinski definition) is 5. The van der Waals surface area contributed by atoms with Crippen LogP contribution in [-0.2, 0) is 16.0 Å². The van der Waals surface area contributed by atoms with Crippen molar-refractivity contribution in [3.05, 3.63) is 23.0 Å². The van der Waals surface area contributed by atoms with E-state index in [0.29, 0.717) is 0 Å². The molecule has 1 aromatic rings. The first-order valence-corrected chi connectivity index (χ1v) is 4.47. The minimum atomic E-state index is -2.96. The average Bonchev–Trinajstić information content (AvgIpc) is 2.30. The van der Waals surface area contributed by atoms with E-state index in [2.05, 4.69) is 9.72 Å². The van der Waals surface area contributed by atoms with Crippen molar-refractivity contribution in [1.82, 2.24) is 4.98 Å². The van der Waals surface area contributed by atoms with Crippen LogP contribution in [0.15, 0.2) is 6.07 Å². The third kappa shape index (κ3) is 2.87. The number of carbonyl (C=O) groups excluding carboxylic acids is 1. The highest BCUT2D eigenvalue weighted by molar-refractivity contribution is 5.72. The van der Waals surface area contributed by atoms with Crippen molar-refractivity contribution in [2.24, 2.45) is 0 Å². The Hall–Kier alpha value is -2.23. The molecule has 0 aliphatic rings. The third-order valence-corrected chi connectivity index (χ3v) is 1.97. The monoisotopic (exact) mass is 242 g/mol. The number of carbonyl (C=O) groups is 1. The Labute approximate surface area is 95.3 Å². The summed E-state index contributed by atoms with van der Waals surface area (Å²) in [6.45, 7) is 0. The maximum absolute atomic E-state index is 12.5. The van der Waals surface area contributed by atoms with Crippen LogP contribution in [0.3, 0.4) is 0 Å². The predicted molar refractivity (Wildman–Crippen MR) is 51.3 cm³/mol. The van der Waals surface area contributed by atoms with E-state index in [9.17, 15) is 18.7 Å². The minimum Gasteiger partial charge on any atom is -0.505 e. The Morgan fingerprint density at radius 3 is 2.82 bits per heavy atom. The first-order valence-electron chi connectivity index (χ1n) is 4.47. The van der Waals surface area contributed by atoms with E-state index in [0.717, 1.165) is 13.2 Å². The van der Waals surface area contributed by atoms with Crippen LogP contribution in [0.2, 0.25) is 0 Å². The second-order valence-corrected chi connectivity index (χ2v) is 3.07. The van der Waals surface area contributed by atoms with Gasteiger partial charge in [-0.05, 0) is 6.07 Å². The number of nitrogens with zero attached hydrogens (tertiary/aromatic N) is 2. The summed E-state index contributed by atoms with van der Waals surface area (Å²) >= 11 is 0. The molecule has 1 N–H and O–H groups in total. The zero-order chi connectivity index (χ0) is 13.0. The van der Waals surface area contributed by atoms with Gasteiger partial charge >= 0.3 is 5.97 Å². The molecule has 1 aromatic heterocycles. The maximum Gasteiger partial charge on any atom is 0.311 e. The van der Waals surface area contributed by atoms with Crippen molar-refractivity contribution >= 4 is 5.97 Å². The molecular formula is C10H8F2N2O3. The molecule has 1 rings (SSSR count). The summed E-state index contributed by atoms with van der Waals surface area (Å²) in [4.78, 5) is 14.5. The van der Waals surface area contributed by atoms with Crippen LogP contribution < -0.4 is 0 Å². The fourth-order valence-corrected chi connectivity index (χ4v) is 1.17. The van der Waals surface area contributed by atoms with Crippen molar-refractivity contribution in [3.63, 3.8) is 0 Å². The number of rotatable bonds is 3. The van der Waals surface area contributed by atoms with Gasteiger partial charge in [-0.1, -0.05) is 0 Å². The Bertz CT molecular complexity index is 483. The first kappa shape index (κ1) is 12.8. The van der Waals surface area contributed by atoms with Crippen LogP contribution in [0, 0.1) is 11.3 Å². The third-order valence-electron chi connectivity index (χ3n) is 1.97. The van der Waals surface area contributed by atoms with E-state index < -0.39 is 29.4 Å². The molecule has 0 fully saturated rings. The van der Waals surface area contributed by atoms with E-state index >= 15 is 0 Å². The summed E-state index contributed by atoms with van der Waals surface area (Å²) in [5.41, 5.74) is -1.32. The molecule has 1 heterocycles. The van der Waals surface area contributed by atoms with Gasteiger partial charge in [0.2, 0.25) is 0 Å². The topological polar surface area (TPSA) is 83.2 Å². The summed E-state index contributed by atoms with van der Waals surface area (Å²) < 4.78 is 29.4. The van der Waals surface area contributed by atoms with Gasteiger partial charge in [-0.2, -0.15) is 5.26 Å². The van der Waals surface area contributed by atoms with E-state index in [1.54, 1.807) is 0 Å². The van der Waals surface area contributed by atoms with Gasteiger partial charge in [0.15, 0.2) is 11.4 Å². The quantitative estimate of drug-likeness (QED) is 0.808. The van der Waals surface area contributed by atoms with Crippen LogP contribution in [0.4, 0.5) is 8.78 Å². The number of halogens is 2. The molecule has 0 amide bonds. The number of aromatic nitrogens is 1. The Kier molecular flexibility index (Phi) is 3.93. The lowest BCUT2D eigenvalue weighted by Crippen LogP contribution is -2.08. The van der Waals surface area contributed by atoms with E-state index in [-0.39, 0.29) is 12.1 Å². The summed E-state index contributed by atoms with van der Waals surface area (Å²) in [6.07, 6.45) is -3.30. The Morgan fingerprint density at radius 2 is 2.35 bits per heavy atom. The van der Waals surface area contributed by atoms with Crippen LogP contribution in [0.25, 0.3) is 0 Å². The summed E-state index contributed by atoms with van der Waals surface area (Å²) in [6, 6.07) is 2.35. The molecule has 7 heteroatoms. The lowest BCUT2D eigenvalue weighted by molar-refractivity contribution is -0.139. The van der Waals surface area contributed by atoms with Gasteiger partial charge in [-0.15, -0.1) is 0 Å². The normalized spacial score (nSPS) is 10.1. The molecular weight excluding hydrogens is 234 g/mol. The molecule has 0 spiro atoms. The standard InChI is InChI=1S/C10H8F2N2O3/c1-17-8(15)3-5-2-6(10(11)12)9(16)7(4-13)14-5/h2,10,16H,3H2,1H3. The van der Waals surface area contributed by atoms with Gasteiger partial charge in [0.1, 0.15) is 6.07 Å². The molecule has 0 aliphatic heterocycles. The van der Waals surface area contributed by atoms with Crippen molar-refractivity contribution in [3.8, 4) is 11.8 Å². The van der Waals surface area contributed by atoms with Gasteiger partial charge in [-0.25, -0.2) is 13.8 Å². The molecule has 0 unspecified atom stereocenters. The molecule has 0 atom stereocenters. The Balaban J connectivity index is 3.21. The van der Waals surface area contributed by atoms with Crippen LogP contribution in [0.5, 0.6) is 5.75 Å². The van der Waals surface area contributed by atoms with Crippen LogP contribution in [0.1, 0.15) is 23.4 Å². The largest absolute Gasteiger partial charge is 0.505 e. The van der Waals surface area contributed by atoms with Crippen molar-refractivity contribution < 1.29 is 23.4 Å². The van der Waals surface area contributed by atoms with Gasteiger partial charge in [0.25, 0.3) is 6.43 Å². The van der Waals surface area contributed by atoms with Gasteiger partial charge in [0, 0.05) is 0 Å². The fraction of sp³-hybridized carbons (Fsp3) is 0.300. The zero-order valence-corrected chi connectivity index (χ0v) is 8.78. The second-order valence-electron chi connectivity index (χ2n) is 3.07. The smallest absolute Gasteiger partial charge is 0.311 e. The lowest BCUT2D eigenvalue weighted by Gasteiger charge is -2.07. The molecule has 0 aliphatic carbocycles. The van der Waals surface area contributed by atoms with Gasteiger partial charge in [-0.3, -0.25) is 4.79 Å². The van der Waals surface area contributed by atoms with Gasteiger partial charge < -0.3 is 9.84 Å². The van der Waals surface area contributed by atoms with E-state index in [1.165, 1.54) is 6.07 Å². The number of alkyl halides is 2.